The first kappa shape index (κ1) is 19.2. The average Bonchev–Trinajstić information content (AvgIpc) is 2.99. The summed E-state index contributed by atoms with van der Waals surface area (Å²) in [5.41, 5.74) is 0.975. The van der Waals surface area contributed by atoms with E-state index in [0.717, 1.165) is 24.6 Å². The van der Waals surface area contributed by atoms with Gasteiger partial charge in [0.1, 0.15) is 11.4 Å². The van der Waals surface area contributed by atoms with Gasteiger partial charge in [-0.2, -0.15) is 0 Å². The Morgan fingerprint density at radius 1 is 1.00 bits per heavy atom. The van der Waals surface area contributed by atoms with E-state index in [9.17, 15) is 13.2 Å². The molecule has 2 aromatic carbocycles. The highest BCUT2D eigenvalue weighted by atomic mass is 32.2. The molecule has 0 saturated heterocycles. The van der Waals surface area contributed by atoms with E-state index < -0.39 is 15.9 Å². The molecular formula is C21H21N3O4S. The standard InChI is InChI=1S/C21H21N3O4S/c25-21(19-13-15-7-3-4-10-18(15)28-19)23-16-8-6-9-17(14-16)29(26,27)24-20-11-2-1-5-12-22-20/h3-4,6-10,13-14H,1-2,5,11-12H2,(H,22,24)(H,23,25). The van der Waals surface area contributed by atoms with Gasteiger partial charge in [-0.05, 0) is 43.2 Å². The van der Waals surface area contributed by atoms with Crippen LogP contribution in [-0.2, 0) is 10.0 Å². The molecule has 0 saturated carbocycles. The number of carbonyl (C=O) groups excluding carboxylic acids is 1. The van der Waals surface area contributed by atoms with Crippen LogP contribution < -0.4 is 10.0 Å². The molecule has 0 spiro atoms. The number of fused-ring (bicyclic) bond motifs is 1. The topological polar surface area (TPSA) is 101 Å². The number of para-hydroxylation sites is 1. The molecule has 2 heterocycles. The molecule has 4 rings (SSSR count). The number of sulfonamides is 1. The molecule has 8 heteroatoms. The minimum Gasteiger partial charge on any atom is -0.451 e. The molecule has 0 radical (unpaired) electrons. The van der Waals surface area contributed by atoms with Gasteiger partial charge in [-0.3, -0.25) is 14.5 Å². The predicted molar refractivity (Wildman–Crippen MR) is 112 cm³/mol. The minimum absolute atomic E-state index is 0.0619. The lowest BCUT2D eigenvalue weighted by molar-refractivity contribution is 0.0998. The first-order valence-corrected chi connectivity index (χ1v) is 11.0. The van der Waals surface area contributed by atoms with Gasteiger partial charge in [-0.15, -0.1) is 0 Å². The van der Waals surface area contributed by atoms with E-state index in [1.165, 1.54) is 12.1 Å². The molecule has 0 aliphatic carbocycles. The van der Waals surface area contributed by atoms with Crippen LogP contribution in [0.3, 0.4) is 0 Å². The number of nitrogens with zero attached hydrogens (tertiary/aromatic N) is 1. The van der Waals surface area contributed by atoms with Crippen molar-refractivity contribution in [2.75, 3.05) is 11.9 Å². The minimum atomic E-state index is -3.78. The molecule has 150 valence electrons. The van der Waals surface area contributed by atoms with Gasteiger partial charge in [0.25, 0.3) is 15.9 Å². The lowest BCUT2D eigenvalue weighted by Gasteiger charge is -2.11. The smallest absolute Gasteiger partial charge is 0.291 e. The molecule has 1 aliphatic rings. The van der Waals surface area contributed by atoms with Crippen LogP contribution in [0.1, 0.15) is 36.2 Å². The molecule has 29 heavy (non-hydrogen) atoms. The Labute approximate surface area is 168 Å². The number of amides is 1. The summed E-state index contributed by atoms with van der Waals surface area (Å²) in [6.45, 7) is 0.630. The molecule has 1 amide bonds. The third kappa shape index (κ3) is 4.48. The molecule has 0 bridgehead atoms. The number of nitrogens with one attached hydrogen (secondary N) is 2. The monoisotopic (exact) mass is 411 g/mol. The van der Waals surface area contributed by atoms with Gasteiger partial charge >= 0.3 is 0 Å². The van der Waals surface area contributed by atoms with Gasteiger partial charge < -0.3 is 9.73 Å². The Morgan fingerprint density at radius 3 is 2.72 bits per heavy atom. The zero-order valence-electron chi connectivity index (χ0n) is 15.7. The first-order valence-electron chi connectivity index (χ1n) is 9.47. The van der Waals surface area contributed by atoms with E-state index in [-0.39, 0.29) is 10.7 Å². The molecule has 0 fully saturated rings. The fourth-order valence-corrected chi connectivity index (χ4v) is 4.33. The van der Waals surface area contributed by atoms with Crippen molar-refractivity contribution in [1.29, 1.82) is 0 Å². The van der Waals surface area contributed by atoms with Gasteiger partial charge in [0.2, 0.25) is 0 Å². The van der Waals surface area contributed by atoms with E-state index in [1.807, 2.05) is 18.2 Å². The van der Waals surface area contributed by atoms with Crippen LogP contribution in [0, 0.1) is 0 Å². The molecule has 7 nitrogen and oxygen atoms in total. The van der Waals surface area contributed by atoms with Crippen LogP contribution >= 0.6 is 0 Å². The Kier molecular flexibility index (Phi) is 5.35. The molecular weight excluding hydrogens is 390 g/mol. The molecule has 3 aromatic rings. The molecule has 1 aromatic heterocycles. The molecule has 2 N–H and O–H groups in total. The van der Waals surface area contributed by atoms with Gasteiger partial charge in [-0.1, -0.05) is 30.7 Å². The summed E-state index contributed by atoms with van der Waals surface area (Å²) in [4.78, 5) is 16.9. The van der Waals surface area contributed by atoms with Crippen LogP contribution in [-0.4, -0.2) is 26.7 Å². The Hall–Kier alpha value is -3.13. The van der Waals surface area contributed by atoms with Crippen LogP contribution in [0.15, 0.2) is 68.9 Å². The first-order chi connectivity index (χ1) is 14.0. The maximum Gasteiger partial charge on any atom is 0.291 e. The van der Waals surface area contributed by atoms with E-state index in [0.29, 0.717) is 30.1 Å². The number of hydrogen-bond donors (Lipinski definition) is 2. The molecule has 1 aliphatic heterocycles. The Morgan fingerprint density at radius 2 is 1.86 bits per heavy atom. The number of furan rings is 1. The van der Waals surface area contributed by atoms with Crippen LogP contribution in [0.2, 0.25) is 0 Å². The average molecular weight is 411 g/mol. The second kappa shape index (κ2) is 8.08. The fourth-order valence-electron chi connectivity index (χ4n) is 3.20. The van der Waals surface area contributed by atoms with Crippen LogP contribution in [0.25, 0.3) is 11.0 Å². The Bertz CT molecular complexity index is 1150. The highest BCUT2D eigenvalue weighted by Gasteiger charge is 2.19. The van der Waals surface area contributed by atoms with Crippen molar-refractivity contribution >= 4 is 38.4 Å². The van der Waals surface area contributed by atoms with E-state index in [1.54, 1.807) is 24.3 Å². The second-order valence-corrected chi connectivity index (χ2v) is 8.56. The maximum absolute atomic E-state index is 12.7. The zero-order valence-corrected chi connectivity index (χ0v) is 16.5. The number of carbonyl (C=O) groups is 1. The van der Waals surface area contributed by atoms with Crippen molar-refractivity contribution in [1.82, 2.24) is 4.72 Å². The molecule has 0 unspecified atom stereocenters. The summed E-state index contributed by atoms with van der Waals surface area (Å²) in [6.07, 6.45) is 3.53. The number of amidine groups is 1. The van der Waals surface area contributed by atoms with Gasteiger partial charge in [0.15, 0.2) is 5.76 Å². The highest BCUT2D eigenvalue weighted by molar-refractivity contribution is 7.90. The maximum atomic E-state index is 12.7. The van der Waals surface area contributed by atoms with E-state index >= 15 is 0 Å². The normalized spacial score (nSPS) is 14.8. The lowest BCUT2D eigenvalue weighted by atomic mass is 10.2. The third-order valence-electron chi connectivity index (χ3n) is 4.68. The summed E-state index contributed by atoms with van der Waals surface area (Å²) in [5.74, 6) is 0.196. The number of benzene rings is 2. The Balaban J connectivity index is 1.51. The fraction of sp³-hybridized carbons (Fsp3) is 0.238. The van der Waals surface area contributed by atoms with Gasteiger partial charge in [0.05, 0.1) is 4.90 Å². The van der Waals surface area contributed by atoms with Gasteiger partial charge in [-0.25, -0.2) is 8.42 Å². The van der Waals surface area contributed by atoms with E-state index in [2.05, 4.69) is 15.0 Å². The quantitative estimate of drug-likeness (QED) is 0.679. The number of rotatable bonds is 4. The van der Waals surface area contributed by atoms with Crippen molar-refractivity contribution in [2.24, 2.45) is 4.99 Å². The summed E-state index contributed by atoms with van der Waals surface area (Å²) in [5, 5.41) is 3.51. The predicted octanol–water partition coefficient (Wildman–Crippen LogP) is 3.94. The van der Waals surface area contributed by atoms with E-state index in [4.69, 9.17) is 4.42 Å². The van der Waals surface area contributed by atoms with Crippen molar-refractivity contribution in [3.63, 3.8) is 0 Å². The number of aliphatic imine (C=N–C) groups is 1. The third-order valence-corrected chi connectivity index (χ3v) is 6.06. The highest BCUT2D eigenvalue weighted by Crippen LogP contribution is 2.21. The van der Waals surface area contributed by atoms with Crippen LogP contribution in [0.4, 0.5) is 5.69 Å². The SMILES string of the molecule is O=C(Nc1cccc(S(=O)(=O)NC2=NCCCCC2)c1)c1cc2ccccc2o1. The summed E-state index contributed by atoms with van der Waals surface area (Å²) in [6, 6.07) is 15.1. The van der Waals surface area contributed by atoms with Crippen molar-refractivity contribution in [3.05, 3.63) is 60.4 Å². The summed E-state index contributed by atoms with van der Waals surface area (Å²) in [7, 11) is -3.78. The van der Waals surface area contributed by atoms with Gasteiger partial charge in [0, 0.05) is 24.0 Å². The lowest BCUT2D eigenvalue weighted by Crippen LogP contribution is -2.30. The molecule has 0 atom stereocenters. The summed E-state index contributed by atoms with van der Waals surface area (Å²) < 4.78 is 33.6. The largest absolute Gasteiger partial charge is 0.451 e. The van der Waals surface area contributed by atoms with Crippen molar-refractivity contribution in [2.45, 2.75) is 30.6 Å². The summed E-state index contributed by atoms with van der Waals surface area (Å²) >= 11 is 0. The zero-order chi connectivity index (χ0) is 20.3. The number of hydrogen-bond acceptors (Lipinski definition) is 5. The van der Waals surface area contributed by atoms with Crippen molar-refractivity contribution < 1.29 is 17.6 Å². The van der Waals surface area contributed by atoms with Crippen molar-refractivity contribution in [3.8, 4) is 0 Å². The second-order valence-electron chi connectivity index (χ2n) is 6.88. The number of anilines is 1. The van der Waals surface area contributed by atoms with Crippen LogP contribution in [0.5, 0.6) is 0 Å².